The molecule has 2 heterocycles. The quantitative estimate of drug-likeness (QED) is 0.805. The lowest BCUT2D eigenvalue weighted by Crippen LogP contribution is -2.54. The number of Topliss-reactive ketones (excluding diaryl/α,β-unsaturated/α-hetero) is 1. The monoisotopic (exact) mass is 311 g/mol. The molecule has 22 heavy (non-hydrogen) atoms. The Balaban J connectivity index is 1.80. The number of hydrogen-bond donors (Lipinski definition) is 0. The molecular formula is C19H18ClNO. The van der Waals surface area contributed by atoms with Gasteiger partial charge in [0, 0.05) is 29.1 Å². The second-order valence-electron chi connectivity index (χ2n) is 6.25. The van der Waals surface area contributed by atoms with Crippen LogP contribution in [0.2, 0.25) is 5.02 Å². The number of halogens is 1. The van der Waals surface area contributed by atoms with Gasteiger partial charge in [-0.2, -0.15) is 0 Å². The summed E-state index contributed by atoms with van der Waals surface area (Å²) in [5.74, 6) is 0.523. The number of hydrogen-bond acceptors (Lipinski definition) is 2. The highest BCUT2D eigenvalue weighted by molar-refractivity contribution is 6.30. The van der Waals surface area contributed by atoms with E-state index in [2.05, 4.69) is 41.3 Å². The Kier molecular flexibility index (Phi) is 3.42. The standard InChI is InChI=1S/C19H18ClNO/c20-14-8-6-13(7-9-14)19-17-11-10-16(12-18(17)22)21(19)15-4-2-1-3-5-15/h1-9,16-17,19H,10-12H2/t16-,17+,19-/m1/s1. The van der Waals surface area contributed by atoms with Gasteiger partial charge in [-0.15, -0.1) is 0 Å². The molecule has 1 saturated carbocycles. The Morgan fingerprint density at radius 1 is 0.955 bits per heavy atom. The third-order valence-electron chi connectivity index (χ3n) is 5.00. The molecule has 112 valence electrons. The van der Waals surface area contributed by atoms with Crippen molar-refractivity contribution in [3.63, 3.8) is 0 Å². The summed E-state index contributed by atoms with van der Waals surface area (Å²) in [7, 11) is 0. The molecule has 0 amide bonds. The van der Waals surface area contributed by atoms with Crippen molar-refractivity contribution in [3.05, 3.63) is 65.2 Å². The Hall–Kier alpha value is -1.80. The number of piperidine rings is 2. The first kappa shape index (κ1) is 13.8. The van der Waals surface area contributed by atoms with E-state index in [0.29, 0.717) is 18.2 Å². The molecule has 3 atom stereocenters. The van der Waals surface area contributed by atoms with Gasteiger partial charge in [-0.25, -0.2) is 0 Å². The van der Waals surface area contributed by atoms with Crippen LogP contribution in [-0.2, 0) is 4.79 Å². The van der Waals surface area contributed by atoms with Crippen LogP contribution in [0.3, 0.4) is 0 Å². The number of anilines is 1. The number of nitrogens with zero attached hydrogens (tertiary/aromatic N) is 1. The Bertz CT molecular complexity index is 682. The lowest BCUT2D eigenvalue weighted by molar-refractivity contribution is -0.128. The summed E-state index contributed by atoms with van der Waals surface area (Å²) in [6.07, 6.45) is 2.79. The minimum atomic E-state index is 0.103. The second kappa shape index (κ2) is 5.44. The maximum atomic E-state index is 12.4. The van der Waals surface area contributed by atoms with Crippen molar-refractivity contribution in [2.45, 2.75) is 31.3 Å². The van der Waals surface area contributed by atoms with Crippen molar-refractivity contribution in [2.75, 3.05) is 4.90 Å². The highest BCUT2D eigenvalue weighted by atomic mass is 35.5. The van der Waals surface area contributed by atoms with Crippen LogP contribution in [0.5, 0.6) is 0 Å². The van der Waals surface area contributed by atoms with Gasteiger partial charge in [0.2, 0.25) is 0 Å². The van der Waals surface area contributed by atoms with Crippen molar-refractivity contribution in [1.82, 2.24) is 0 Å². The van der Waals surface area contributed by atoms with Gasteiger partial charge in [0.25, 0.3) is 0 Å². The van der Waals surface area contributed by atoms with E-state index >= 15 is 0 Å². The van der Waals surface area contributed by atoms with Crippen LogP contribution in [0.4, 0.5) is 5.69 Å². The zero-order valence-electron chi connectivity index (χ0n) is 12.3. The molecule has 3 heteroatoms. The minimum absolute atomic E-state index is 0.103. The predicted octanol–water partition coefficient (Wildman–Crippen LogP) is 4.64. The topological polar surface area (TPSA) is 20.3 Å². The maximum absolute atomic E-state index is 12.4. The molecule has 2 bridgehead atoms. The van der Waals surface area contributed by atoms with Gasteiger partial charge < -0.3 is 4.90 Å². The van der Waals surface area contributed by atoms with E-state index in [1.165, 1.54) is 11.3 Å². The number of ketones is 1. The zero-order chi connectivity index (χ0) is 15.1. The Morgan fingerprint density at radius 2 is 1.68 bits per heavy atom. The largest absolute Gasteiger partial charge is 0.360 e. The van der Waals surface area contributed by atoms with E-state index < -0.39 is 0 Å². The molecule has 0 radical (unpaired) electrons. The molecule has 2 saturated heterocycles. The van der Waals surface area contributed by atoms with E-state index in [1.807, 2.05) is 18.2 Å². The Morgan fingerprint density at radius 3 is 2.36 bits per heavy atom. The SMILES string of the molecule is O=C1C[C@H]2CC[C@@H]1[C@@H](c1ccc(Cl)cc1)N2c1ccccc1. The summed E-state index contributed by atoms with van der Waals surface area (Å²) >= 11 is 6.03. The highest BCUT2D eigenvalue weighted by Crippen LogP contribution is 2.47. The van der Waals surface area contributed by atoms with Gasteiger partial charge >= 0.3 is 0 Å². The third kappa shape index (κ3) is 2.22. The molecule has 2 aromatic carbocycles. The van der Waals surface area contributed by atoms with Crippen LogP contribution in [-0.4, -0.2) is 11.8 Å². The number of carbonyl (C=O) groups is 1. The average Bonchev–Trinajstić information content (AvgIpc) is 2.56. The molecule has 1 aliphatic carbocycles. The molecule has 3 aliphatic rings. The zero-order valence-corrected chi connectivity index (χ0v) is 13.0. The first-order valence-corrected chi connectivity index (χ1v) is 8.23. The summed E-state index contributed by atoms with van der Waals surface area (Å²) in [4.78, 5) is 14.9. The fourth-order valence-corrected chi connectivity index (χ4v) is 4.16. The van der Waals surface area contributed by atoms with Crippen LogP contribution in [0.15, 0.2) is 54.6 Å². The molecule has 0 N–H and O–H groups in total. The molecular weight excluding hydrogens is 294 g/mol. The van der Waals surface area contributed by atoms with Crippen molar-refractivity contribution >= 4 is 23.1 Å². The van der Waals surface area contributed by atoms with E-state index in [4.69, 9.17) is 11.6 Å². The lowest BCUT2D eigenvalue weighted by Gasteiger charge is -2.52. The number of para-hydroxylation sites is 1. The summed E-state index contributed by atoms with van der Waals surface area (Å²) in [6, 6.07) is 18.9. The van der Waals surface area contributed by atoms with Gasteiger partial charge in [-0.1, -0.05) is 41.9 Å². The molecule has 0 aromatic heterocycles. The Labute approximate surface area is 135 Å². The first-order chi connectivity index (χ1) is 10.7. The van der Waals surface area contributed by atoms with Gasteiger partial charge in [0.15, 0.2) is 0 Å². The van der Waals surface area contributed by atoms with Crippen molar-refractivity contribution in [2.24, 2.45) is 5.92 Å². The van der Waals surface area contributed by atoms with Crippen LogP contribution in [0.25, 0.3) is 0 Å². The molecule has 2 aliphatic heterocycles. The van der Waals surface area contributed by atoms with E-state index in [9.17, 15) is 4.79 Å². The van der Waals surface area contributed by atoms with E-state index in [1.54, 1.807) is 0 Å². The van der Waals surface area contributed by atoms with Crippen LogP contribution < -0.4 is 4.90 Å². The fraction of sp³-hybridized carbons (Fsp3) is 0.316. The summed E-state index contributed by atoms with van der Waals surface area (Å²) in [5, 5.41) is 0.738. The van der Waals surface area contributed by atoms with Gasteiger partial charge in [0.1, 0.15) is 5.78 Å². The van der Waals surface area contributed by atoms with Crippen molar-refractivity contribution < 1.29 is 4.79 Å². The first-order valence-electron chi connectivity index (χ1n) is 7.85. The number of carbonyl (C=O) groups excluding carboxylic acids is 1. The molecule has 2 nitrogen and oxygen atoms in total. The predicted molar refractivity (Wildman–Crippen MR) is 89.3 cm³/mol. The highest BCUT2D eigenvalue weighted by Gasteiger charge is 2.47. The van der Waals surface area contributed by atoms with E-state index in [0.717, 1.165) is 17.9 Å². The normalized spacial score (nSPS) is 27.2. The summed E-state index contributed by atoms with van der Waals surface area (Å²) in [5.41, 5.74) is 2.40. The van der Waals surface area contributed by atoms with Crippen molar-refractivity contribution in [1.29, 1.82) is 0 Å². The second-order valence-corrected chi connectivity index (χ2v) is 6.68. The molecule has 2 aromatic rings. The summed E-state index contributed by atoms with van der Waals surface area (Å²) in [6.45, 7) is 0. The van der Waals surface area contributed by atoms with Crippen LogP contribution in [0.1, 0.15) is 30.9 Å². The smallest absolute Gasteiger partial charge is 0.140 e. The van der Waals surface area contributed by atoms with Crippen molar-refractivity contribution in [3.8, 4) is 0 Å². The summed E-state index contributed by atoms with van der Waals surface area (Å²) < 4.78 is 0. The minimum Gasteiger partial charge on any atom is -0.360 e. The number of fused-ring (bicyclic) bond motifs is 3. The molecule has 0 unspecified atom stereocenters. The third-order valence-corrected chi connectivity index (χ3v) is 5.25. The molecule has 3 fully saturated rings. The molecule has 5 rings (SSSR count). The van der Waals surface area contributed by atoms with Gasteiger partial charge in [-0.3, -0.25) is 4.79 Å². The van der Waals surface area contributed by atoms with Gasteiger partial charge in [0.05, 0.1) is 6.04 Å². The maximum Gasteiger partial charge on any atom is 0.140 e. The number of benzene rings is 2. The van der Waals surface area contributed by atoms with Crippen LogP contribution in [0, 0.1) is 5.92 Å². The fourth-order valence-electron chi connectivity index (χ4n) is 4.04. The molecule has 0 spiro atoms. The van der Waals surface area contributed by atoms with E-state index in [-0.39, 0.29) is 12.0 Å². The van der Waals surface area contributed by atoms with Crippen LogP contribution >= 0.6 is 11.6 Å². The average molecular weight is 312 g/mol. The lowest BCUT2D eigenvalue weighted by atomic mass is 9.71. The van der Waals surface area contributed by atoms with Gasteiger partial charge in [-0.05, 0) is 42.7 Å². The number of rotatable bonds is 2.